The summed E-state index contributed by atoms with van der Waals surface area (Å²) in [5.74, 6) is -1.09. The fraction of sp³-hybridized carbons (Fsp3) is 0.292. The first-order chi connectivity index (χ1) is 16.5. The number of aryl methyl sites for hydroxylation is 1. The van der Waals surface area contributed by atoms with Crippen LogP contribution in [0.4, 0.5) is 13.2 Å². The number of benzene rings is 2. The quantitative estimate of drug-likeness (QED) is 0.539. The van der Waals surface area contributed by atoms with Crippen LogP contribution in [-0.4, -0.2) is 27.3 Å². The molecule has 1 aromatic heterocycles. The van der Waals surface area contributed by atoms with Crippen LogP contribution in [0.1, 0.15) is 41.4 Å². The van der Waals surface area contributed by atoms with Crippen LogP contribution in [0.25, 0.3) is 10.9 Å². The van der Waals surface area contributed by atoms with Crippen LogP contribution in [-0.2, 0) is 33.5 Å². The lowest BCUT2D eigenvalue weighted by Crippen LogP contribution is -2.45. The maximum Gasteiger partial charge on any atom is 0.416 e. The Morgan fingerprint density at radius 2 is 1.86 bits per heavy atom. The number of carbonyl (C=O) groups is 3. The summed E-state index contributed by atoms with van der Waals surface area (Å²) in [7, 11) is 0. The summed E-state index contributed by atoms with van der Waals surface area (Å²) in [6.07, 6.45) is -4.32. The zero-order valence-electron chi connectivity index (χ0n) is 18.6. The van der Waals surface area contributed by atoms with Gasteiger partial charge in [0, 0.05) is 13.0 Å². The van der Waals surface area contributed by atoms with Gasteiger partial charge in [-0.25, -0.2) is 4.98 Å². The number of nitrogens with one attached hydrogen (secondary N) is 2. The fourth-order valence-electron chi connectivity index (χ4n) is 4.12. The van der Waals surface area contributed by atoms with Crippen LogP contribution in [0.15, 0.2) is 47.3 Å². The number of piperidine rings is 1. The molecule has 182 valence electrons. The topological polar surface area (TPSA) is 110 Å². The molecule has 1 unspecified atom stereocenters. The number of amides is 3. The Balaban J connectivity index is 1.56. The molecule has 4 rings (SSSR count). The summed E-state index contributed by atoms with van der Waals surface area (Å²) >= 11 is 0. The van der Waals surface area contributed by atoms with E-state index in [2.05, 4.69) is 15.6 Å². The number of alkyl halides is 3. The predicted octanol–water partition coefficient (Wildman–Crippen LogP) is 2.56. The second-order valence-electron chi connectivity index (χ2n) is 8.26. The summed E-state index contributed by atoms with van der Waals surface area (Å²) < 4.78 is 39.4. The highest BCUT2D eigenvalue weighted by molar-refractivity contribution is 5.99. The van der Waals surface area contributed by atoms with Gasteiger partial charge in [-0.2, -0.15) is 13.2 Å². The van der Waals surface area contributed by atoms with E-state index in [0.717, 1.165) is 12.1 Å². The van der Waals surface area contributed by atoms with Crippen LogP contribution in [0.3, 0.4) is 0 Å². The summed E-state index contributed by atoms with van der Waals surface area (Å²) in [5.41, 5.74) is 0.0142. The lowest BCUT2D eigenvalue weighted by molar-refractivity contribution is -0.138. The maximum absolute atomic E-state index is 13.4. The van der Waals surface area contributed by atoms with Gasteiger partial charge in [-0.3, -0.25) is 29.1 Å². The number of hydrogen-bond acceptors (Lipinski definition) is 5. The predicted molar refractivity (Wildman–Crippen MR) is 119 cm³/mol. The van der Waals surface area contributed by atoms with E-state index < -0.39 is 41.1 Å². The van der Waals surface area contributed by atoms with Gasteiger partial charge < -0.3 is 5.32 Å². The molecule has 0 aliphatic carbocycles. The molecule has 11 heteroatoms. The van der Waals surface area contributed by atoms with E-state index in [0.29, 0.717) is 22.5 Å². The monoisotopic (exact) mass is 486 g/mol. The third-order valence-corrected chi connectivity index (χ3v) is 5.84. The summed E-state index contributed by atoms with van der Waals surface area (Å²) in [6.45, 7) is 1.58. The third-order valence-electron chi connectivity index (χ3n) is 5.84. The van der Waals surface area contributed by atoms with Crippen molar-refractivity contribution in [2.24, 2.45) is 0 Å². The van der Waals surface area contributed by atoms with Crippen LogP contribution in [0, 0.1) is 6.92 Å². The van der Waals surface area contributed by atoms with Crippen LogP contribution in [0.5, 0.6) is 0 Å². The van der Waals surface area contributed by atoms with Gasteiger partial charge in [0.2, 0.25) is 17.7 Å². The molecular weight excluding hydrogens is 465 g/mol. The molecule has 35 heavy (non-hydrogen) atoms. The van der Waals surface area contributed by atoms with E-state index in [1.54, 1.807) is 25.1 Å². The molecule has 1 atom stereocenters. The molecule has 0 radical (unpaired) electrons. The number of hydrogen-bond donors (Lipinski definition) is 2. The molecule has 1 fully saturated rings. The average molecular weight is 486 g/mol. The van der Waals surface area contributed by atoms with Gasteiger partial charge in [-0.1, -0.05) is 24.3 Å². The fourth-order valence-corrected chi connectivity index (χ4v) is 4.12. The van der Waals surface area contributed by atoms with Gasteiger partial charge in [0.25, 0.3) is 5.56 Å². The molecule has 8 nitrogen and oxygen atoms in total. The van der Waals surface area contributed by atoms with Crippen molar-refractivity contribution in [2.75, 3.05) is 0 Å². The minimum Gasteiger partial charge on any atom is -0.352 e. The van der Waals surface area contributed by atoms with Crippen molar-refractivity contribution in [1.82, 2.24) is 20.2 Å². The van der Waals surface area contributed by atoms with Crippen molar-refractivity contribution in [1.29, 1.82) is 0 Å². The molecule has 1 saturated heterocycles. The highest BCUT2D eigenvalue weighted by Crippen LogP contribution is 2.29. The second kappa shape index (κ2) is 9.32. The van der Waals surface area contributed by atoms with Crippen LogP contribution in [0.2, 0.25) is 0 Å². The van der Waals surface area contributed by atoms with E-state index in [4.69, 9.17) is 0 Å². The Morgan fingerprint density at radius 1 is 1.14 bits per heavy atom. The van der Waals surface area contributed by atoms with Crippen molar-refractivity contribution < 1.29 is 27.6 Å². The van der Waals surface area contributed by atoms with Gasteiger partial charge >= 0.3 is 6.18 Å². The smallest absolute Gasteiger partial charge is 0.352 e. The number of nitrogens with zero attached hydrogens (tertiary/aromatic N) is 2. The molecule has 2 heterocycles. The molecule has 2 aromatic carbocycles. The van der Waals surface area contributed by atoms with E-state index >= 15 is 0 Å². The van der Waals surface area contributed by atoms with E-state index in [1.807, 2.05) is 0 Å². The lowest BCUT2D eigenvalue weighted by atomic mass is 10.0. The lowest BCUT2D eigenvalue weighted by Gasteiger charge is -2.24. The largest absolute Gasteiger partial charge is 0.416 e. The summed E-state index contributed by atoms with van der Waals surface area (Å²) in [4.78, 5) is 54.1. The van der Waals surface area contributed by atoms with E-state index in [9.17, 15) is 32.3 Å². The number of rotatable bonds is 5. The van der Waals surface area contributed by atoms with Crippen molar-refractivity contribution >= 4 is 28.6 Å². The summed E-state index contributed by atoms with van der Waals surface area (Å²) in [6, 6.07) is 8.41. The van der Waals surface area contributed by atoms with Gasteiger partial charge in [-0.05, 0) is 42.7 Å². The second-order valence-corrected chi connectivity index (χ2v) is 8.26. The Kier molecular flexibility index (Phi) is 6.42. The van der Waals surface area contributed by atoms with Gasteiger partial charge in [0.05, 0.1) is 22.9 Å². The molecule has 3 aromatic rings. The van der Waals surface area contributed by atoms with Crippen LogP contribution >= 0.6 is 0 Å². The minimum absolute atomic E-state index is 0.0217. The first-order valence-corrected chi connectivity index (χ1v) is 10.8. The van der Waals surface area contributed by atoms with Gasteiger partial charge in [0.1, 0.15) is 11.9 Å². The Labute approximate surface area is 197 Å². The van der Waals surface area contributed by atoms with E-state index in [1.165, 1.54) is 16.7 Å². The highest BCUT2D eigenvalue weighted by Gasteiger charge is 2.31. The Hall–Kier alpha value is -4.02. The van der Waals surface area contributed by atoms with E-state index in [-0.39, 0.29) is 31.2 Å². The number of fused-ring (bicyclic) bond motifs is 1. The maximum atomic E-state index is 13.4. The summed E-state index contributed by atoms with van der Waals surface area (Å²) in [5, 5.41) is 5.15. The zero-order valence-corrected chi connectivity index (χ0v) is 18.6. The molecule has 1 aliphatic rings. The number of halogens is 3. The first-order valence-electron chi connectivity index (χ1n) is 10.8. The highest BCUT2D eigenvalue weighted by atomic mass is 19.4. The number of carbonyl (C=O) groups excluding carboxylic acids is 3. The van der Waals surface area contributed by atoms with Crippen LogP contribution < -0.4 is 16.2 Å². The van der Waals surface area contributed by atoms with Crippen molar-refractivity contribution in [2.45, 2.75) is 44.9 Å². The van der Waals surface area contributed by atoms with Gasteiger partial charge in [-0.15, -0.1) is 0 Å². The molecular formula is C24H21F3N4O4. The number of aromatic nitrogens is 2. The average Bonchev–Trinajstić information content (AvgIpc) is 2.78. The SMILES string of the molecule is Cc1nc2cccc(CNC(=O)Cc3ccc(C(F)(F)F)cc3)c2c(=O)n1C1CCC(=O)NC1=O. The standard InChI is InChI=1S/C24H21F3N4O4/c1-13-29-17-4-2-3-15(21(17)23(35)31(13)18-9-10-19(32)30-22(18)34)12-28-20(33)11-14-5-7-16(8-6-14)24(25,26)27/h2-8,18H,9-12H2,1H3,(H,28,33)(H,30,32,34). The third kappa shape index (κ3) is 5.08. The molecule has 0 saturated carbocycles. The van der Waals surface area contributed by atoms with Crippen molar-refractivity contribution in [3.63, 3.8) is 0 Å². The van der Waals surface area contributed by atoms with Gasteiger partial charge in [0.15, 0.2) is 0 Å². The molecule has 3 amide bonds. The minimum atomic E-state index is -4.46. The Bertz CT molecular complexity index is 1380. The molecule has 1 aliphatic heterocycles. The first kappa shape index (κ1) is 24.1. The molecule has 0 spiro atoms. The normalized spacial score (nSPS) is 16.3. The molecule has 2 N–H and O–H groups in total. The number of imide groups is 1. The Morgan fingerprint density at radius 3 is 2.51 bits per heavy atom. The molecule has 0 bridgehead atoms. The zero-order chi connectivity index (χ0) is 25.3. The van der Waals surface area contributed by atoms with Crippen molar-refractivity contribution in [3.8, 4) is 0 Å². The van der Waals surface area contributed by atoms with Crippen molar-refractivity contribution in [3.05, 3.63) is 75.3 Å².